The minimum absolute atomic E-state index is 0.901. The molecule has 0 N–H and O–H groups in total. The molecule has 0 saturated carbocycles. The van der Waals surface area contributed by atoms with Crippen LogP contribution in [0.1, 0.15) is 0 Å². The van der Waals surface area contributed by atoms with Crippen LogP contribution >= 0.6 is 0 Å². The van der Waals surface area contributed by atoms with Crippen molar-refractivity contribution in [1.82, 2.24) is 0 Å². The van der Waals surface area contributed by atoms with E-state index < -0.39 is 0 Å². The van der Waals surface area contributed by atoms with Gasteiger partial charge in [0.2, 0.25) is 0 Å². The molecule has 54 valence electrons. The summed E-state index contributed by atoms with van der Waals surface area (Å²) in [6, 6.07) is 17.7. The molecule has 0 aliphatic rings. The first-order valence-electron chi connectivity index (χ1n) is 2.86. The monoisotopic (exact) mass is 498 g/mol. The second-order valence-corrected chi connectivity index (χ2v) is 5.23. The van der Waals surface area contributed by atoms with Crippen LogP contribution in [0.5, 0.6) is 0 Å². The molecule has 0 fully saturated rings. The Hall–Kier alpha value is 0.659. The fourth-order valence-electron chi connectivity index (χ4n) is 0.434. The third kappa shape index (κ3) is 4.06. The Balaban J connectivity index is 3.65. The van der Waals surface area contributed by atoms with Gasteiger partial charge in [0.25, 0.3) is 0 Å². The standard InChI is InChI=1S/C9Te3/c10-7-1-2-8(11)5-6-9(12)4-3-7. The van der Waals surface area contributed by atoms with Crippen LogP contribution in [0.4, 0.5) is 0 Å². The summed E-state index contributed by atoms with van der Waals surface area (Å²) in [6.45, 7) is 0. The average Bonchev–Trinajstić information content (AvgIpc) is 2.11. The van der Waals surface area contributed by atoms with Crippen LogP contribution in [0.25, 0.3) is 0 Å². The summed E-state index contributed by atoms with van der Waals surface area (Å²) < 4.78 is 2.70. The van der Waals surface area contributed by atoms with Gasteiger partial charge in [-0.25, -0.2) is 0 Å². The van der Waals surface area contributed by atoms with Crippen molar-refractivity contribution in [1.29, 1.82) is 0 Å². The summed E-state index contributed by atoms with van der Waals surface area (Å²) in [5.74, 6) is 0. The first-order valence-corrected chi connectivity index (χ1v) is 6.36. The van der Waals surface area contributed by atoms with Gasteiger partial charge in [0.1, 0.15) is 0 Å². The van der Waals surface area contributed by atoms with Crippen molar-refractivity contribution < 1.29 is 0 Å². The van der Waals surface area contributed by atoms with Crippen molar-refractivity contribution in [3.63, 3.8) is 0 Å². The van der Waals surface area contributed by atoms with Crippen LogP contribution in [0.3, 0.4) is 0 Å². The van der Waals surface area contributed by atoms with Gasteiger partial charge < -0.3 is 0 Å². The number of hydrogen-bond acceptors (Lipinski definition) is 0. The zero-order valence-electron chi connectivity index (χ0n) is 5.72. The number of hydrogen-bond donors (Lipinski definition) is 0. The molecule has 0 atom stereocenters. The third-order valence-electron chi connectivity index (χ3n) is 0.869. The molecule has 1 aromatic rings. The summed E-state index contributed by atoms with van der Waals surface area (Å²) >= 11 is 5.52. The molecule has 0 nitrogen and oxygen atoms in total. The van der Waals surface area contributed by atoms with Crippen LogP contribution in [0, 0.1) is 46.0 Å². The van der Waals surface area contributed by atoms with Crippen LogP contribution in [0.2, 0.25) is 0 Å². The van der Waals surface area contributed by atoms with E-state index in [-0.39, 0.29) is 0 Å². The fourth-order valence-corrected chi connectivity index (χ4v) is 1.31. The van der Waals surface area contributed by atoms with E-state index in [1.807, 2.05) is 65.5 Å². The molecule has 1 aromatic carbocycles. The second-order valence-electron chi connectivity index (χ2n) is 1.74. The molecule has 0 spiro atoms. The third-order valence-corrected chi connectivity index (χ3v) is 2.62. The van der Waals surface area contributed by atoms with E-state index in [0.717, 1.165) is 9.59 Å². The zero-order valence-corrected chi connectivity index (χ0v) is 12.7. The van der Waals surface area contributed by atoms with E-state index in [1.165, 1.54) is 0 Å². The predicted octanol–water partition coefficient (Wildman–Crippen LogP) is -0.411. The molecule has 12 heavy (non-hydrogen) atoms. The van der Waals surface area contributed by atoms with E-state index in [0.29, 0.717) is 0 Å². The molecule has 3 heteroatoms. The zero-order chi connectivity index (χ0) is 8.97. The Morgan fingerprint density at radius 1 is 0.500 bits per heavy atom. The van der Waals surface area contributed by atoms with Crippen molar-refractivity contribution in [2.75, 3.05) is 0 Å². The molecule has 1 rings (SSSR count). The van der Waals surface area contributed by atoms with Crippen molar-refractivity contribution in [2.24, 2.45) is 0 Å². The maximum atomic E-state index is 2.94. The molecule has 0 aliphatic heterocycles. The number of rotatable bonds is 0. The second kappa shape index (κ2) is 5.40. The quantitative estimate of drug-likeness (QED) is 0.434. The SMILES string of the molecule is [Te]=c1c#cc(=[Te])c#cc(=[Te])c#c1. The Morgan fingerprint density at radius 2 is 0.667 bits per heavy atom. The summed E-state index contributed by atoms with van der Waals surface area (Å²) in [4.78, 5) is 0. The summed E-state index contributed by atoms with van der Waals surface area (Å²) in [5, 5.41) is 0. The minimum atomic E-state index is 0.901. The van der Waals surface area contributed by atoms with E-state index >= 15 is 0 Å². The van der Waals surface area contributed by atoms with E-state index in [2.05, 4.69) is 36.4 Å². The Morgan fingerprint density at radius 3 is 0.833 bits per heavy atom. The Kier molecular flexibility index (Phi) is 4.83. The van der Waals surface area contributed by atoms with Gasteiger partial charge >= 0.3 is 111 Å². The predicted molar refractivity (Wildman–Crippen MR) is 46.4 cm³/mol. The summed E-state index contributed by atoms with van der Waals surface area (Å²) in [6.07, 6.45) is 0. The average molecular weight is 491 g/mol. The van der Waals surface area contributed by atoms with Gasteiger partial charge in [-0.2, -0.15) is 0 Å². The molecule has 0 unspecified atom stereocenters. The van der Waals surface area contributed by atoms with Gasteiger partial charge in [0, 0.05) is 0 Å². The molecule has 0 amide bonds. The molecule has 0 aromatic heterocycles. The molecule has 0 saturated heterocycles. The van der Waals surface area contributed by atoms with Crippen LogP contribution in [-0.4, -0.2) is 65.5 Å². The van der Waals surface area contributed by atoms with Crippen molar-refractivity contribution >= 4 is 65.5 Å². The van der Waals surface area contributed by atoms with E-state index in [4.69, 9.17) is 0 Å². The van der Waals surface area contributed by atoms with Crippen molar-refractivity contribution in [3.05, 3.63) is 46.0 Å². The first kappa shape index (κ1) is 10.7. The molecule has 0 radical (unpaired) electrons. The maximum absolute atomic E-state index is 2.94. The Labute approximate surface area is 110 Å². The van der Waals surface area contributed by atoms with Crippen LogP contribution in [0.15, 0.2) is 0 Å². The topological polar surface area (TPSA) is 0 Å². The van der Waals surface area contributed by atoms with E-state index in [1.54, 1.807) is 0 Å². The molecule has 0 bridgehead atoms. The van der Waals surface area contributed by atoms with Gasteiger partial charge in [-0.3, -0.25) is 0 Å². The van der Waals surface area contributed by atoms with Gasteiger partial charge in [-0.1, -0.05) is 0 Å². The fraction of sp³-hybridized carbons (Fsp3) is 0. The van der Waals surface area contributed by atoms with Crippen molar-refractivity contribution in [3.8, 4) is 0 Å². The van der Waals surface area contributed by atoms with Gasteiger partial charge in [0.15, 0.2) is 0 Å². The molecular formula is C9Te3. The molecule has 0 aliphatic carbocycles. The summed E-state index contributed by atoms with van der Waals surface area (Å²) in [7, 11) is 0. The van der Waals surface area contributed by atoms with Crippen LogP contribution < -0.4 is 0 Å². The van der Waals surface area contributed by atoms with Gasteiger partial charge in [-0.05, 0) is 0 Å². The van der Waals surface area contributed by atoms with Gasteiger partial charge in [-0.15, -0.1) is 0 Å². The van der Waals surface area contributed by atoms with Gasteiger partial charge in [0.05, 0.1) is 0 Å². The first-order chi connectivity index (χ1) is 5.68. The van der Waals surface area contributed by atoms with E-state index in [9.17, 15) is 0 Å². The molecule has 0 heterocycles. The summed E-state index contributed by atoms with van der Waals surface area (Å²) in [5.41, 5.74) is 0. The van der Waals surface area contributed by atoms with Crippen LogP contribution in [-0.2, 0) is 0 Å². The van der Waals surface area contributed by atoms with Crippen molar-refractivity contribution in [2.45, 2.75) is 0 Å². The Bertz CT molecular complexity index is 347. The normalized spacial score (nSPS) is 7.00. The molecular weight excluding hydrogens is 491 g/mol.